The molecule has 112 valence electrons. The molecule has 2 nitrogen and oxygen atoms in total. The third kappa shape index (κ3) is 3.96. The highest BCUT2D eigenvalue weighted by Gasteiger charge is 2.39. The maximum absolute atomic E-state index is 13.9. The third-order valence-electron chi connectivity index (χ3n) is 3.86. The maximum Gasteiger partial charge on any atom is 0.192 e. The number of rotatable bonds is 5. The van der Waals surface area contributed by atoms with E-state index in [1.54, 1.807) is 0 Å². The van der Waals surface area contributed by atoms with Crippen LogP contribution in [-0.2, 0) is 9.22 Å². The average molecular weight is 300 g/mol. The van der Waals surface area contributed by atoms with Crippen LogP contribution in [0.15, 0.2) is 18.2 Å². The first-order chi connectivity index (χ1) is 9.08. The van der Waals surface area contributed by atoms with Crippen LogP contribution in [-0.4, -0.2) is 14.6 Å². The fraction of sp³-hybridized carbons (Fsp3) is 0.533. The van der Waals surface area contributed by atoms with Gasteiger partial charge in [0.15, 0.2) is 8.32 Å². The van der Waals surface area contributed by atoms with Crippen LogP contribution in [0.2, 0.25) is 18.1 Å². The first-order valence-electron chi connectivity index (χ1n) is 6.65. The summed E-state index contributed by atoms with van der Waals surface area (Å²) >= 11 is 0. The lowest BCUT2D eigenvalue weighted by Crippen LogP contribution is -2.42. The molecule has 0 aliphatic heterocycles. The monoisotopic (exact) mass is 300 g/mol. The number of hydrogen-bond donors (Lipinski definition) is 0. The summed E-state index contributed by atoms with van der Waals surface area (Å²) in [5.41, 5.74) is 0.113. The lowest BCUT2D eigenvalue weighted by Gasteiger charge is -2.39. The number of aldehydes is 1. The van der Waals surface area contributed by atoms with Crippen molar-refractivity contribution in [1.29, 1.82) is 0 Å². The van der Waals surface area contributed by atoms with Crippen molar-refractivity contribution < 1.29 is 18.0 Å². The molecule has 0 amide bonds. The third-order valence-corrected chi connectivity index (χ3v) is 8.34. The number of benzene rings is 1. The van der Waals surface area contributed by atoms with Gasteiger partial charge in [-0.05, 0) is 36.3 Å². The standard InChI is InChI=1S/C15H22F2O2Si/c1-15(2,3)20(4,5)19-14(8-9-18)12-10-11(16)6-7-13(12)17/h6-7,9-10,14H,8H2,1-5H3. The van der Waals surface area contributed by atoms with Crippen molar-refractivity contribution in [2.24, 2.45) is 0 Å². The van der Waals surface area contributed by atoms with Gasteiger partial charge in [0.05, 0.1) is 6.10 Å². The van der Waals surface area contributed by atoms with Crippen molar-refractivity contribution in [3.8, 4) is 0 Å². The van der Waals surface area contributed by atoms with Gasteiger partial charge in [-0.3, -0.25) is 0 Å². The summed E-state index contributed by atoms with van der Waals surface area (Å²) in [4.78, 5) is 10.8. The molecule has 5 heteroatoms. The maximum atomic E-state index is 13.9. The molecule has 0 N–H and O–H groups in total. The molecule has 1 rings (SSSR count). The van der Waals surface area contributed by atoms with Gasteiger partial charge in [0, 0.05) is 12.0 Å². The minimum absolute atomic E-state index is 0.0207. The molecule has 0 saturated carbocycles. The van der Waals surface area contributed by atoms with Crippen molar-refractivity contribution >= 4 is 14.6 Å². The Bertz CT molecular complexity index is 481. The smallest absolute Gasteiger partial charge is 0.192 e. The fourth-order valence-electron chi connectivity index (χ4n) is 1.62. The zero-order valence-electron chi connectivity index (χ0n) is 12.7. The van der Waals surface area contributed by atoms with E-state index in [1.165, 1.54) is 0 Å². The molecule has 20 heavy (non-hydrogen) atoms. The number of carbonyl (C=O) groups is 1. The highest BCUT2D eigenvalue weighted by molar-refractivity contribution is 6.74. The molecule has 0 fully saturated rings. The summed E-state index contributed by atoms with van der Waals surface area (Å²) in [6, 6.07) is 3.23. The Kier molecular flexibility index (Phi) is 5.21. The van der Waals surface area contributed by atoms with Crippen molar-refractivity contribution in [1.82, 2.24) is 0 Å². The van der Waals surface area contributed by atoms with Crippen LogP contribution >= 0.6 is 0 Å². The molecule has 1 aromatic carbocycles. The summed E-state index contributed by atoms with van der Waals surface area (Å²) in [5.74, 6) is -1.08. The van der Waals surface area contributed by atoms with Crippen molar-refractivity contribution in [3.63, 3.8) is 0 Å². The zero-order chi connectivity index (χ0) is 15.6. The molecule has 0 spiro atoms. The van der Waals surface area contributed by atoms with Crippen LogP contribution in [0.4, 0.5) is 8.78 Å². The lowest BCUT2D eigenvalue weighted by molar-refractivity contribution is -0.109. The quantitative estimate of drug-likeness (QED) is 0.586. The van der Waals surface area contributed by atoms with Crippen LogP contribution < -0.4 is 0 Å². The van der Waals surface area contributed by atoms with Crippen LogP contribution in [0.1, 0.15) is 38.9 Å². The Hall–Kier alpha value is -1.07. The molecule has 1 aromatic rings. The minimum Gasteiger partial charge on any atom is -0.409 e. The van der Waals surface area contributed by atoms with Gasteiger partial charge in [-0.25, -0.2) is 8.78 Å². The average Bonchev–Trinajstić information content (AvgIpc) is 2.30. The molecule has 0 heterocycles. The molecule has 1 unspecified atom stereocenters. The zero-order valence-corrected chi connectivity index (χ0v) is 13.7. The molecular weight excluding hydrogens is 278 g/mol. The Morgan fingerprint density at radius 1 is 1.30 bits per heavy atom. The molecule has 0 saturated heterocycles. The van der Waals surface area contributed by atoms with Gasteiger partial charge in [-0.2, -0.15) is 0 Å². The molecule has 0 aliphatic carbocycles. The second kappa shape index (κ2) is 6.14. The molecule has 1 atom stereocenters. The van der Waals surface area contributed by atoms with Gasteiger partial charge in [0.25, 0.3) is 0 Å². The number of carbonyl (C=O) groups excluding carboxylic acids is 1. The normalized spacial score (nSPS) is 14.2. The molecule has 0 aromatic heterocycles. The predicted molar refractivity (Wildman–Crippen MR) is 78.1 cm³/mol. The largest absolute Gasteiger partial charge is 0.409 e. The van der Waals surface area contributed by atoms with E-state index in [1.807, 2.05) is 13.1 Å². The topological polar surface area (TPSA) is 26.3 Å². The Morgan fingerprint density at radius 3 is 2.40 bits per heavy atom. The summed E-state index contributed by atoms with van der Waals surface area (Å²) < 4.78 is 33.2. The molecule has 0 bridgehead atoms. The van der Waals surface area contributed by atoms with Gasteiger partial charge >= 0.3 is 0 Å². The van der Waals surface area contributed by atoms with Gasteiger partial charge in [0.1, 0.15) is 17.9 Å². The lowest BCUT2D eigenvalue weighted by atomic mass is 10.1. The van der Waals surface area contributed by atoms with Crippen LogP contribution in [0.3, 0.4) is 0 Å². The summed E-state index contributed by atoms with van der Waals surface area (Å²) in [7, 11) is -2.18. The van der Waals surface area contributed by atoms with Gasteiger partial charge in [0.2, 0.25) is 0 Å². The van der Waals surface area contributed by atoms with Crippen molar-refractivity contribution in [2.75, 3.05) is 0 Å². The first-order valence-corrected chi connectivity index (χ1v) is 9.55. The van der Waals surface area contributed by atoms with E-state index < -0.39 is 26.1 Å². The van der Waals surface area contributed by atoms with Crippen LogP contribution in [0.5, 0.6) is 0 Å². The SMILES string of the molecule is CC(C)(C)[Si](C)(C)OC(CC=O)c1cc(F)ccc1F. The van der Waals surface area contributed by atoms with Crippen LogP contribution in [0.25, 0.3) is 0 Å². The molecule has 0 aliphatic rings. The predicted octanol–water partition coefficient (Wildman–Crippen LogP) is 4.62. The number of halogens is 2. The summed E-state index contributed by atoms with van der Waals surface area (Å²) in [6.07, 6.45) is -0.0289. The Balaban J connectivity index is 3.12. The summed E-state index contributed by atoms with van der Waals surface area (Å²) in [6.45, 7) is 10.2. The fourth-order valence-corrected chi connectivity index (χ4v) is 2.91. The highest BCUT2D eigenvalue weighted by atomic mass is 28.4. The number of hydrogen-bond acceptors (Lipinski definition) is 2. The van der Waals surface area contributed by atoms with Crippen molar-refractivity contribution in [2.45, 2.75) is 51.4 Å². The molecule has 0 radical (unpaired) electrons. The minimum atomic E-state index is -2.18. The summed E-state index contributed by atoms with van der Waals surface area (Å²) in [5, 5.41) is -0.0715. The first kappa shape index (κ1) is 17.0. The van der Waals surface area contributed by atoms with E-state index in [0.29, 0.717) is 6.29 Å². The van der Waals surface area contributed by atoms with E-state index in [2.05, 4.69) is 20.8 Å². The van der Waals surface area contributed by atoms with E-state index in [0.717, 1.165) is 18.2 Å². The highest BCUT2D eigenvalue weighted by Crippen LogP contribution is 2.40. The Labute approximate surface area is 120 Å². The van der Waals surface area contributed by atoms with Gasteiger partial charge in [-0.15, -0.1) is 0 Å². The van der Waals surface area contributed by atoms with E-state index in [4.69, 9.17) is 4.43 Å². The second-order valence-corrected chi connectivity index (χ2v) is 11.2. The van der Waals surface area contributed by atoms with Crippen LogP contribution in [0, 0.1) is 11.6 Å². The second-order valence-electron chi connectivity index (χ2n) is 6.44. The molecular formula is C15H22F2O2Si. The van der Waals surface area contributed by atoms with E-state index in [9.17, 15) is 13.6 Å². The van der Waals surface area contributed by atoms with E-state index in [-0.39, 0.29) is 17.0 Å². The Morgan fingerprint density at radius 2 is 1.90 bits per heavy atom. The van der Waals surface area contributed by atoms with Gasteiger partial charge < -0.3 is 9.22 Å². The van der Waals surface area contributed by atoms with Gasteiger partial charge in [-0.1, -0.05) is 20.8 Å². The van der Waals surface area contributed by atoms with E-state index >= 15 is 0 Å². The van der Waals surface area contributed by atoms with Crippen molar-refractivity contribution in [3.05, 3.63) is 35.4 Å².